The van der Waals surface area contributed by atoms with Crippen LogP contribution >= 0.6 is 0 Å². The molecule has 3 rings (SSSR count). The second-order valence-electron chi connectivity index (χ2n) is 5.33. The normalized spacial score (nSPS) is 10.5. The highest BCUT2D eigenvalue weighted by Crippen LogP contribution is 2.21. The molecular formula is C19H18N2O4. The monoisotopic (exact) mass is 338 g/mol. The SMILES string of the molecule is CCOc1ccccc1C(=O)OCc1nc(-c2ccccc2C)no1. The van der Waals surface area contributed by atoms with E-state index in [1.165, 1.54) is 0 Å². The van der Waals surface area contributed by atoms with Gasteiger partial charge in [0.15, 0.2) is 6.61 Å². The van der Waals surface area contributed by atoms with E-state index in [0.717, 1.165) is 11.1 Å². The van der Waals surface area contributed by atoms with Gasteiger partial charge < -0.3 is 14.0 Å². The highest BCUT2D eigenvalue weighted by Gasteiger charge is 2.16. The van der Waals surface area contributed by atoms with Gasteiger partial charge in [0, 0.05) is 5.56 Å². The van der Waals surface area contributed by atoms with Crippen LogP contribution in [-0.2, 0) is 11.3 Å². The number of benzene rings is 2. The van der Waals surface area contributed by atoms with Crippen molar-refractivity contribution >= 4 is 5.97 Å². The molecule has 6 heteroatoms. The van der Waals surface area contributed by atoms with Crippen molar-refractivity contribution in [2.45, 2.75) is 20.5 Å². The zero-order valence-corrected chi connectivity index (χ0v) is 14.1. The number of para-hydroxylation sites is 1. The zero-order valence-electron chi connectivity index (χ0n) is 14.1. The quantitative estimate of drug-likeness (QED) is 0.636. The number of esters is 1. The first-order chi connectivity index (χ1) is 12.2. The van der Waals surface area contributed by atoms with E-state index in [1.807, 2.05) is 38.1 Å². The molecule has 0 radical (unpaired) electrons. The first-order valence-corrected chi connectivity index (χ1v) is 7.96. The number of rotatable bonds is 6. The predicted octanol–water partition coefficient (Wildman–Crippen LogP) is 3.80. The molecule has 2 aromatic carbocycles. The number of aryl methyl sites for hydroxylation is 1. The van der Waals surface area contributed by atoms with E-state index in [9.17, 15) is 4.79 Å². The summed E-state index contributed by atoms with van der Waals surface area (Å²) in [6.07, 6.45) is 0. The lowest BCUT2D eigenvalue weighted by Gasteiger charge is -2.08. The van der Waals surface area contributed by atoms with Crippen LogP contribution in [0.2, 0.25) is 0 Å². The Morgan fingerprint density at radius 3 is 2.68 bits per heavy atom. The highest BCUT2D eigenvalue weighted by atomic mass is 16.6. The van der Waals surface area contributed by atoms with Gasteiger partial charge in [-0.05, 0) is 31.5 Å². The molecule has 0 bridgehead atoms. The third kappa shape index (κ3) is 3.85. The molecule has 0 fully saturated rings. The Labute approximate surface area is 145 Å². The van der Waals surface area contributed by atoms with E-state index in [2.05, 4.69) is 10.1 Å². The smallest absolute Gasteiger partial charge is 0.342 e. The second-order valence-corrected chi connectivity index (χ2v) is 5.33. The molecule has 1 aromatic heterocycles. The van der Waals surface area contributed by atoms with Crippen molar-refractivity contribution in [3.63, 3.8) is 0 Å². The van der Waals surface area contributed by atoms with Gasteiger partial charge in [-0.3, -0.25) is 0 Å². The van der Waals surface area contributed by atoms with Crippen LogP contribution in [-0.4, -0.2) is 22.7 Å². The molecule has 3 aromatic rings. The number of ether oxygens (including phenoxy) is 2. The Balaban J connectivity index is 1.69. The molecule has 128 valence electrons. The van der Waals surface area contributed by atoms with Crippen molar-refractivity contribution in [3.8, 4) is 17.1 Å². The van der Waals surface area contributed by atoms with Crippen molar-refractivity contribution in [1.82, 2.24) is 10.1 Å². The Morgan fingerprint density at radius 1 is 1.12 bits per heavy atom. The van der Waals surface area contributed by atoms with Crippen LogP contribution in [0.5, 0.6) is 5.75 Å². The van der Waals surface area contributed by atoms with Gasteiger partial charge >= 0.3 is 5.97 Å². The lowest BCUT2D eigenvalue weighted by atomic mass is 10.1. The van der Waals surface area contributed by atoms with Gasteiger partial charge in [0.05, 0.1) is 6.61 Å². The fourth-order valence-corrected chi connectivity index (χ4v) is 2.37. The van der Waals surface area contributed by atoms with Gasteiger partial charge in [0.1, 0.15) is 11.3 Å². The number of nitrogens with zero attached hydrogens (tertiary/aromatic N) is 2. The van der Waals surface area contributed by atoms with Crippen LogP contribution < -0.4 is 4.74 Å². The summed E-state index contributed by atoms with van der Waals surface area (Å²) >= 11 is 0. The maximum atomic E-state index is 12.3. The summed E-state index contributed by atoms with van der Waals surface area (Å²) in [4.78, 5) is 16.5. The Bertz CT molecular complexity index is 873. The Morgan fingerprint density at radius 2 is 1.88 bits per heavy atom. The lowest BCUT2D eigenvalue weighted by molar-refractivity contribution is 0.0425. The fourth-order valence-electron chi connectivity index (χ4n) is 2.37. The molecule has 0 aliphatic heterocycles. The minimum atomic E-state index is -0.500. The van der Waals surface area contributed by atoms with Gasteiger partial charge in [-0.15, -0.1) is 0 Å². The molecule has 0 atom stereocenters. The molecule has 0 saturated heterocycles. The summed E-state index contributed by atoms with van der Waals surface area (Å²) in [7, 11) is 0. The second kappa shape index (κ2) is 7.61. The maximum Gasteiger partial charge on any atom is 0.342 e. The maximum absolute atomic E-state index is 12.3. The average molecular weight is 338 g/mol. The molecule has 0 N–H and O–H groups in total. The van der Waals surface area contributed by atoms with E-state index in [0.29, 0.717) is 23.7 Å². The minimum Gasteiger partial charge on any atom is -0.493 e. The number of carbonyl (C=O) groups is 1. The third-order valence-corrected chi connectivity index (χ3v) is 3.59. The fraction of sp³-hybridized carbons (Fsp3) is 0.211. The number of hydrogen-bond donors (Lipinski definition) is 0. The predicted molar refractivity (Wildman–Crippen MR) is 91.2 cm³/mol. The van der Waals surface area contributed by atoms with E-state index < -0.39 is 5.97 Å². The van der Waals surface area contributed by atoms with E-state index in [-0.39, 0.29) is 12.5 Å². The van der Waals surface area contributed by atoms with E-state index >= 15 is 0 Å². The Hall–Kier alpha value is -3.15. The molecule has 0 amide bonds. The van der Waals surface area contributed by atoms with Crippen LogP contribution in [0.1, 0.15) is 28.7 Å². The van der Waals surface area contributed by atoms with Crippen LogP contribution in [0.4, 0.5) is 0 Å². The van der Waals surface area contributed by atoms with Crippen molar-refractivity contribution in [2.75, 3.05) is 6.61 Å². The number of aromatic nitrogens is 2. The van der Waals surface area contributed by atoms with Gasteiger partial charge in [-0.1, -0.05) is 41.6 Å². The summed E-state index contributed by atoms with van der Waals surface area (Å²) < 4.78 is 15.9. The van der Waals surface area contributed by atoms with Crippen LogP contribution in [0.3, 0.4) is 0 Å². The van der Waals surface area contributed by atoms with Crippen molar-refractivity contribution in [1.29, 1.82) is 0 Å². The Kier molecular flexibility index (Phi) is 5.09. The number of carbonyl (C=O) groups excluding carboxylic acids is 1. The van der Waals surface area contributed by atoms with Crippen LogP contribution in [0, 0.1) is 6.92 Å². The summed E-state index contributed by atoms with van der Waals surface area (Å²) in [5.41, 5.74) is 2.28. The largest absolute Gasteiger partial charge is 0.493 e. The first-order valence-electron chi connectivity index (χ1n) is 7.96. The standard InChI is InChI=1S/C19H18N2O4/c1-3-23-16-11-7-6-10-15(16)19(22)24-12-17-20-18(21-25-17)14-9-5-4-8-13(14)2/h4-11H,3,12H2,1-2H3. The van der Waals surface area contributed by atoms with Crippen LogP contribution in [0.25, 0.3) is 11.4 Å². The van der Waals surface area contributed by atoms with Gasteiger partial charge in [-0.25, -0.2) is 4.79 Å². The molecule has 25 heavy (non-hydrogen) atoms. The molecule has 0 aliphatic rings. The molecule has 0 saturated carbocycles. The minimum absolute atomic E-state index is 0.0990. The average Bonchev–Trinajstić information content (AvgIpc) is 3.09. The number of hydrogen-bond acceptors (Lipinski definition) is 6. The summed E-state index contributed by atoms with van der Waals surface area (Å²) in [6.45, 7) is 4.19. The molecule has 0 spiro atoms. The van der Waals surface area contributed by atoms with E-state index in [4.69, 9.17) is 14.0 Å². The summed E-state index contributed by atoms with van der Waals surface area (Å²) in [5.74, 6) is 0.695. The van der Waals surface area contributed by atoms with Gasteiger partial charge in [0.2, 0.25) is 5.82 Å². The third-order valence-electron chi connectivity index (χ3n) is 3.59. The molecular weight excluding hydrogens is 320 g/mol. The zero-order chi connectivity index (χ0) is 17.6. The van der Waals surface area contributed by atoms with Crippen molar-refractivity contribution in [3.05, 3.63) is 65.5 Å². The van der Waals surface area contributed by atoms with Gasteiger partial charge in [-0.2, -0.15) is 4.98 Å². The molecule has 6 nitrogen and oxygen atoms in total. The first kappa shape index (κ1) is 16.7. The lowest BCUT2D eigenvalue weighted by Crippen LogP contribution is -2.08. The topological polar surface area (TPSA) is 74.5 Å². The highest BCUT2D eigenvalue weighted by molar-refractivity contribution is 5.92. The van der Waals surface area contributed by atoms with Crippen molar-refractivity contribution < 1.29 is 18.8 Å². The summed E-state index contributed by atoms with van der Waals surface area (Å²) in [6, 6.07) is 14.7. The van der Waals surface area contributed by atoms with Crippen molar-refractivity contribution in [2.24, 2.45) is 0 Å². The van der Waals surface area contributed by atoms with E-state index in [1.54, 1.807) is 24.3 Å². The van der Waals surface area contributed by atoms with Gasteiger partial charge in [0.25, 0.3) is 5.89 Å². The molecule has 0 aliphatic carbocycles. The molecule has 1 heterocycles. The summed E-state index contributed by atoms with van der Waals surface area (Å²) in [5, 5.41) is 3.94. The molecule has 0 unspecified atom stereocenters. The van der Waals surface area contributed by atoms with Crippen LogP contribution in [0.15, 0.2) is 53.1 Å².